The van der Waals surface area contributed by atoms with Crippen molar-refractivity contribution in [1.29, 1.82) is 0 Å². The molecule has 1 saturated heterocycles. The molecule has 3 heteroatoms. The van der Waals surface area contributed by atoms with Crippen LogP contribution in [-0.4, -0.2) is 26.1 Å². The lowest BCUT2D eigenvalue weighted by Gasteiger charge is -2.31. The Morgan fingerprint density at radius 3 is 2.59 bits per heavy atom. The van der Waals surface area contributed by atoms with Gasteiger partial charge in [0.05, 0.1) is 18.6 Å². The van der Waals surface area contributed by atoms with E-state index in [9.17, 15) is 4.79 Å². The minimum absolute atomic E-state index is 0.326. The number of carbonyl (C=O) groups excluding carboxylic acids is 1. The SMILES string of the molecule is O=CC1(COCc2ccccc2)CCOCC1. The van der Waals surface area contributed by atoms with Crippen molar-refractivity contribution in [2.24, 2.45) is 5.41 Å². The summed E-state index contributed by atoms with van der Waals surface area (Å²) in [6, 6.07) is 10.0. The number of hydrogen-bond donors (Lipinski definition) is 0. The van der Waals surface area contributed by atoms with Crippen LogP contribution in [-0.2, 0) is 20.9 Å². The molecule has 0 bridgehead atoms. The maximum absolute atomic E-state index is 11.2. The second-order valence-corrected chi connectivity index (χ2v) is 4.57. The van der Waals surface area contributed by atoms with E-state index in [4.69, 9.17) is 9.47 Å². The summed E-state index contributed by atoms with van der Waals surface area (Å²) < 4.78 is 10.9. The molecule has 0 saturated carbocycles. The summed E-state index contributed by atoms with van der Waals surface area (Å²) in [4.78, 5) is 11.2. The zero-order valence-corrected chi connectivity index (χ0v) is 9.93. The van der Waals surface area contributed by atoms with Gasteiger partial charge in [0.1, 0.15) is 6.29 Å². The van der Waals surface area contributed by atoms with Crippen LogP contribution in [0.15, 0.2) is 30.3 Å². The summed E-state index contributed by atoms with van der Waals surface area (Å²) in [6.45, 7) is 2.38. The Kier molecular flexibility index (Phi) is 4.29. The van der Waals surface area contributed by atoms with Gasteiger partial charge in [-0.3, -0.25) is 0 Å². The van der Waals surface area contributed by atoms with Crippen molar-refractivity contribution in [2.45, 2.75) is 19.4 Å². The Bertz CT molecular complexity index is 342. The summed E-state index contributed by atoms with van der Waals surface area (Å²) in [5.41, 5.74) is 0.813. The van der Waals surface area contributed by atoms with Gasteiger partial charge >= 0.3 is 0 Å². The Morgan fingerprint density at radius 1 is 1.24 bits per heavy atom. The molecule has 0 unspecified atom stereocenters. The van der Waals surface area contributed by atoms with Gasteiger partial charge in [0.25, 0.3) is 0 Å². The molecule has 3 nitrogen and oxygen atoms in total. The van der Waals surface area contributed by atoms with Crippen molar-refractivity contribution >= 4 is 6.29 Å². The topological polar surface area (TPSA) is 35.5 Å². The van der Waals surface area contributed by atoms with Crippen LogP contribution in [0.2, 0.25) is 0 Å². The molecule has 0 N–H and O–H groups in total. The highest BCUT2D eigenvalue weighted by Crippen LogP contribution is 2.28. The second-order valence-electron chi connectivity index (χ2n) is 4.57. The minimum atomic E-state index is -0.326. The molecule has 1 heterocycles. The lowest BCUT2D eigenvalue weighted by Crippen LogP contribution is -2.35. The predicted octanol–water partition coefficient (Wildman–Crippen LogP) is 2.20. The molecule has 0 aromatic heterocycles. The fourth-order valence-corrected chi connectivity index (χ4v) is 2.02. The van der Waals surface area contributed by atoms with E-state index in [1.165, 1.54) is 0 Å². The van der Waals surface area contributed by atoms with Gasteiger partial charge in [0.15, 0.2) is 0 Å². The second kappa shape index (κ2) is 5.94. The molecule has 1 aromatic carbocycles. The summed E-state index contributed by atoms with van der Waals surface area (Å²) in [7, 11) is 0. The average molecular weight is 234 g/mol. The molecule has 92 valence electrons. The number of ether oxygens (including phenoxy) is 2. The number of carbonyl (C=O) groups is 1. The van der Waals surface area contributed by atoms with Crippen molar-refractivity contribution < 1.29 is 14.3 Å². The van der Waals surface area contributed by atoms with Gasteiger partial charge in [0.2, 0.25) is 0 Å². The first kappa shape index (κ1) is 12.3. The van der Waals surface area contributed by atoms with E-state index >= 15 is 0 Å². The van der Waals surface area contributed by atoms with Crippen LogP contribution < -0.4 is 0 Å². The number of benzene rings is 1. The molecule has 0 spiro atoms. The normalized spacial score (nSPS) is 18.8. The first-order valence-corrected chi connectivity index (χ1v) is 6.00. The Labute approximate surface area is 102 Å². The van der Waals surface area contributed by atoms with Crippen molar-refractivity contribution in [2.75, 3.05) is 19.8 Å². The first-order chi connectivity index (χ1) is 8.35. The molecule has 2 rings (SSSR count). The fraction of sp³-hybridized carbons (Fsp3) is 0.500. The van der Waals surface area contributed by atoms with E-state index in [0.717, 1.165) is 24.7 Å². The maximum Gasteiger partial charge on any atom is 0.128 e. The molecule has 0 radical (unpaired) electrons. The zero-order chi connectivity index (χ0) is 12.0. The van der Waals surface area contributed by atoms with Gasteiger partial charge in [-0.05, 0) is 18.4 Å². The van der Waals surface area contributed by atoms with Crippen molar-refractivity contribution in [3.05, 3.63) is 35.9 Å². The van der Waals surface area contributed by atoms with E-state index < -0.39 is 0 Å². The van der Waals surface area contributed by atoms with Crippen molar-refractivity contribution in [1.82, 2.24) is 0 Å². The largest absolute Gasteiger partial charge is 0.381 e. The van der Waals surface area contributed by atoms with Crippen LogP contribution in [0, 0.1) is 5.41 Å². The zero-order valence-electron chi connectivity index (χ0n) is 9.93. The predicted molar refractivity (Wildman–Crippen MR) is 64.6 cm³/mol. The summed E-state index contributed by atoms with van der Waals surface area (Å²) in [5, 5.41) is 0. The molecule has 1 aromatic rings. The third-order valence-corrected chi connectivity index (χ3v) is 3.24. The quantitative estimate of drug-likeness (QED) is 0.733. The van der Waals surface area contributed by atoms with E-state index in [1.807, 2.05) is 30.3 Å². The summed E-state index contributed by atoms with van der Waals surface area (Å²) in [5.74, 6) is 0. The fourth-order valence-electron chi connectivity index (χ4n) is 2.02. The monoisotopic (exact) mass is 234 g/mol. The summed E-state index contributed by atoms with van der Waals surface area (Å²) in [6.07, 6.45) is 2.58. The Balaban J connectivity index is 1.82. The number of rotatable bonds is 5. The third-order valence-electron chi connectivity index (χ3n) is 3.24. The van der Waals surface area contributed by atoms with Crippen LogP contribution in [0.25, 0.3) is 0 Å². The molecular formula is C14H18O3. The highest BCUT2D eigenvalue weighted by Gasteiger charge is 2.32. The van der Waals surface area contributed by atoms with Gasteiger partial charge in [-0.25, -0.2) is 0 Å². The lowest BCUT2D eigenvalue weighted by molar-refractivity contribution is -0.127. The maximum atomic E-state index is 11.2. The van der Waals surface area contributed by atoms with Crippen LogP contribution in [0.1, 0.15) is 18.4 Å². The van der Waals surface area contributed by atoms with Crippen LogP contribution in [0.3, 0.4) is 0 Å². The first-order valence-electron chi connectivity index (χ1n) is 6.00. The molecular weight excluding hydrogens is 216 g/mol. The molecule has 0 amide bonds. The number of hydrogen-bond acceptors (Lipinski definition) is 3. The van der Waals surface area contributed by atoms with E-state index in [2.05, 4.69) is 0 Å². The van der Waals surface area contributed by atoms with Gasteiger partial charge < -0.3 is 14.3 Å². The molecule has 0 atom stereocenters. The lowest BCUT2D eigenvalue weighted by atomic mass is 9.83. The molecule has 1 aliphatic heterocycles. The van der Waals surface area contributed by atoms with Crippen LogP contribution in [0.5, 0.6) is 0 Å². The third kappa shape index (κ3) is 3.38. The van der Waals surface area contributed by atoms with Crippen molar-refractivity contribution in [3.8, 4) is 0 Å². The van der Waals surface area contributed by atoms with Gasteiger partial charge in [-0.2, -0.15) is 0 Å². The minimum Gasteiger partial charge on any atom is -0.381 e. The molecule has 17 heavy (non-hydrogen) atoms. The van der Waals surface area contributed by atoms with Gasteiger partial charge in [-0.15, -0.1) is 0 Å². The molecule has 1 aliphatic rings. The smallest absolute Gasteiger partial charge is 0.128 e. The van der Waals surface area contributed by atoms with Crippen LogP contribution >= 0.6 is 0 Å². The summed E-state index contributed by atoms with van der Waals surface area (Å²) >= 11 is 0. The number of aldehydes is 1. The van der Waals surface area contributed by atoms with Crippen LogP contribution in [0.4, 0.5) is 0 Å². The molecule has 1 fully saturated rings. The van der Waals surface area contributed by atoms with E-state index in [-0.39, 0.29) is 5.41 Å². The highest BCUT2D eigenvalue weighted by molar-refractivity contribution is 5.59. The Hall–Kier alpha value is -1.19. The standard InChI is InChI=1S/C14H18O3/c15-11-14(6-8-16-9-7-14)12-17-10-13-4-2-1-3-5-13/h1-5,11H,6-10,12H2. The van der Waals surface area contributed by atoms with E-state index in [0.29, 0.717) is 26.4 Å². The van der Waals surface area contributed by atoms with Gasteiger partial charge in [0, 0.05) is 13.2 Å². The Morgan fingerprint density at radius 2 is 1.94 bits per heavy atom. The van der Waals surface area contributed by atoms with E-state index in [1.54, 1.807) is 0 Å². The highest BCUT2D eigenvalue weighted by atomic mass is 16.5. The van der Waals surface area contributed by atoms with Gasteiger partial charge in [-0.1, -0.05) is 30.3 Å². The van der Waals surface area contributed by atoms with Crippen molar-refractivity contribution in [3.63, 3.8) is 0 Å². The molecule has 0 aliphatic carbocycles. The average Bonchev–Trinajstić information content (AvgIpc) is 2.41.